The first-order valence-electron chi connectivity index (χ1n) is 12.2. The number of piperazine rings is 1. The average Bonchev–Trinajstić information content (AvgIpc) is 2.86. The molecule has 6 nitrogen and oxygen atoms in total. The van der Waals surface area contributed by atoms with Crippen LogP contribution in [-0.4, -0.2) is 51.9 Å². The van der Waals surface area contributed by atoms with Crippen molar-refractivity contribution in [3.8, 4) is 0 Å². The minimum Gasteiger partial charge on any atom is -0.368 e. The number of sulfonamides is 1. The van der Waals surface area contributed by atoms with Crippen molar-refractivity contribution in [3.63, 3.8) is 0 Å². The fourth-order valence-electron chi connectivity index (χ4n) is 4.56. The predicted octanol–water partition coefficient (Wildman–Crippen LogP) is 5.17. The molecule has 0 unspecified atom stereocenters. The van der Waals surface area contributed by atoms with Crippen molar-refractivity contribution in [2.24, 2.45) is 0 Å². The highest BCUT2D eigenvalue weighted by molar-refractivity contribution is 7.92. The first-order chi connectivity index (χ1) is 17.8. The van der Waals surface area contributed by atoms with Gasteiger partial charge < -0.3 is 9.80 Å². The van der Waals surface area contributed by atoms with Crippen LogP contribution >= 0.6 is 0 Å². The van der Waals surface area contributed by atoms with Crippen LogP contribution in [0.1, 0.15) is 22.3 Å². The molecule has 10 heteroatoms. The molecule has 1 amide bonds. The number of anilines is 2. The van der Waals surface area contributed by atoms with E-state index in [1.807, 2.05) is 26.8 Å². The maximum Gasteiger partial charge on any atom is 0.416 e. The van der Waals surface area contributed by atoms with Crippen LogP contribution in [0.15, 0.2) is 71.6 Å². The SMILES string of the molecule is Cc1ccc(S(=O)(=O)N(CC(=O)N2CCN(c3cccc(C(F)(F)F)c3)CC2)c2cc(C)cc(C)c2)cc1. The second-order valence-corrected chi connectivity index (χ2v) is 11.4. The summed E-state index contributed by atoms with van der Waals surface area (Å²) in [5.41, 5.74) is 2.76. The summed E-state index contributed by atoms with van der Waals surface area (Å²) in [5.74, 6) is -0.372. The topological polar surface area (TPSA) is 60.9 Å². The standard InChI is InChI=1S/C28H30F3N3O3S/c1-20-7-9-26(10-8-20)38(36,37)34(25-16-21(2)15-22(3)17-25)19-27(35)33-13-11-32(12-14-33)24-6-4-5-23(18-24)28(29,30)31/h4-10,15-18H,11-14,19H2,1-3H3. The predicted molar refractivity (Wildman–Crippen MR) is 142 cm³/mol. The Hall–Kier alpha value is -3.53. The largest absolute Gasteiger partial charge is 0.416 e. The van der Waals surface area contributed by atoms with E-state index < -0.39 is 21.8 Å². The maximum absolute atomic E-state index is 13.7. The quantitative estimate of drug-likeness (QED) is 0.429. The van der Waals surface area contributed by atoms with Crippen LogP contribution in [0, 0.1) is 20.8 Å². The molecule has 3 aromatic rings. The van der Waals surface area contributed by atoms with Gasteiger partial charge in [-0.1, -0.05) is 29.8 Å². The molecular formula is C28H30F3N3O3S. The smallest absolute Gasteiger partial charge is 0.368 e. The van der Waals surface area contributed by atoms with E-state index in [2.05, 4.69) is 0 Å². The summed E-state index contributed by atoms with van der Waals surface area (Å²) in [7, 11) is -4.04. The molecule has 1 fully saturated rings. The molecular weight excluding hydrogens is 515 g/mol. The molecule has 1 aliphatic rings. The normalized spacial score (nSPS) is 14.5. The van der Waals surface area contributed by atoms with Gasteiger partial charge in [0.05, 0.1) is 16.1 Å². The van der Waals surface area contributed by atoms with Crippen LogP contribution in [0.25, 0.3) is 0 Å². The Labute approximate surface area is 221 Å². The molecule has 0 bridgehead atoms. The lowest BCUT2D eigenvalue weighted by atomic mass is 10.1. The molecule has 38 heavy (non-hydrogen) atoms. The molecule has 0 saturated carbocycles. The van der Waals surface area contributed by atoms with Gasteiger partial charge in [-0.15, -0.1) is 0 Å². The zero-order chi connectivity index (χ0) is 27.7. The molecule has 0 N–H and O–H groups in total. The summed E-state index contributed by atoms with van der Waals surface area (Å²) in [4.78, 5) is 16.8. The van der Waals surface area contributed by atoms with Crippen LogP contribution in [0.5, 0.6) is 0 Å². The number of carbonyl (C=O) groups excluding carboxylic acids is 1. The summed E-state index contributed by atoms with van der Waals surface area (Å²) in [6.07, 6.45) is -4.44. The monoisotopic (exact) mass is 545 g/mol. The molecule has 0 radical (unpaired) electrons. The number of halogens is 3. The van der Waals surface area contributed by atoms with E-state index in [1.165, 1.54) is 18.2 Å². The molecule has 1 saturated heterocycles. The maximum atomic E-state index is 13.7. The van der Waals surface area contributed by atoms with Crippen LogP contribution in [-0.2, 0) is 21.0 Å². The van der Waals surface area contributed by atoms with Gasteiger partial charge in [-0.25, -0.2) is 8.42 Å². The Bertz CT molecular complexity index is 1390. The Morgan fingerprint density at radius 1 is 0.842 bits per heavy atom. The highest BCUT2D eigenvalue weighted by Gasteiger charge is 2.32. The van der Waals surface area contributed by atoms with Crippen molar-refractivity contribution in [1.29, 1.82) is 0 Å². The zero-order valence-electron chi connectivity index (χ0n) is 21.5. The van der Waals surface area contributed by atoms with E-state index in [0.717, 1.165) is 33.1 Å². The third-order valence-electron chi connectivity index (χ3n) is 6.55. The Morgan fingerprint density at radius 3 is 2.03 bits per heavy atom. The minimum absolute atomic E-state index is 0.0874. The van der Waals surface area contributed by atoms with Crippen molar-refractivity contribution >= 4 is 27.3 Å². The van der Waals surface area contributed by atoms with Gasteiger partial charge in [0.1, 0.15) is 6.54 Å². The van der Waals surface area contributed by atoms with Crippen molar-refractivity contribution in [2.45, 2.75) is 31.8 Å². The molecule has 0 aliphatic carbocycles. The van der Waals surface area contributed by atoms with Gasteiger partial charge in [-0.2, -0.15) is 13.2 Å². The van der Waals surface area contributed by atoms with Crippen LogP contribution in [0.3, 0.4) is 0 Å². The fraction of sp³-hybridized carbons (Fsp3) is 0.321. The summed E-state index contributed by atoms with van der Waals surface area (Å²) in [5, 5.41) is 0. The number of alkyl halides is 3. The number of benzene rings is 3. The molecule has 0 aromatic heterocycles. The fourth-order valence-corrected chi connectivity index (χ4v) is 5.96. The van der Waals surface area contributed by atoms with Gasteiger partial charge in [0.25, 0.3) is 10.0 Å². The Kier molecular flexibility index (Phi) is 7.73. The van der Waals surface area contributed by atoms with E-state index in [1.54, 1.807) is 40.1 Å². The number of rotatable bonds is 6. The van der Waals surface area contributed by atoms with E-state index in [9.17, 15) is 26.4 Å². The Balaban J connectivity index is 1.54. The van der Waals surface area contributed by atoms with Crippen molar-refractivity contribution in [1.82, 2.24) is 4.90 Å². The summed E-state index contributed by atoms with van der Waals surface area (Å²) >= 11 is 0. The third-order valence-corrected chi connectivity index (χ3v) is 8.34. The van der Waals surface area contributed by atoms with Crippen LogP contribution in [0.2, 0.25) is 0 Å². The van der Waals surface area contributed by atoms with Gasteiger partial charge in [0.15, 0.2) is 0 Å². The molecule has 1 aliphatic heterocycles. The lowest BCUT2D eigenvalue weighted by Crippen LogP contribution is -2.52. The van der Waals surface area contributed by atoms with Gasteiger partial charge in [-0.05, 0) is 74.4 Å². The third kappa shape index (κ3) is 6.12. The van der Waals surface area contributed by atoms with Crippen molar-refractivity contribution in [2.75, 3.05) is 41.9 Å². The number of aryl methyl sites for hydroxylation is 3. The first kappa shape index (κ1) is 27.5. The van der Waals surface area contributed by atoms with Crippen LogP contribution in [0.4, 0.5) is 24.5 Å². The van der Waals surface area contributed by atoms with E-state index in [0.29, 0.717) is 24.5 Å². The van der Waals surface area contributed by atoms with Gasteiger partial charge in [0, 0.05) is 31.9 Å². The van der Waals surface area contributed by atoms with Gasteiger partial charge in [0.2, 0.25) is 5.91 Å². The Morgan fingerprint density at radius 2 is 1.45 bits per heavy atom. The van der Waals surface area contributed by atoms with Crippen molar-refractivity contribution in [3.05, 3.63) is 89.0 Å². The number of carbonyl (C=O) groups is 1. The van der Waals surface area contributed by atoms with Gasteiger partial charge in [-0.3, -0.25) is 9.10 Å². The van der Waals surface area contributed by atoms with E-state index in [-0.39, 0.29) is 30.4 Å². The molecule has 202 valence electrons. The summed E-state index contributed by atoms with van der Waals surface area (Å²) < 4.78 is 67.9. The first-order valence-corrected chi connectivity index (χ1v) is 13.7. The lowest BCUT2D eigenvalue weighted by molar-refractivity contribution is -0.137. The van der Waals surface area contributed by atoms with Crippen molar-refractivity contribution < 1.29 is 26.4 Å². The number of hydrogen-bond donors (Lipinski definition) is 0. The number of nitrogens with zero attached hydrogens (tertiary/aromatic N) is 3. The molecule has 1 heterocycles. The molecule has 0 atom stereocenters. The highest BCUT2D eigenvalue weighted by atomic mass is 32.2. The second-order valence-electron chi connectivity index (χ2n) is 9.59. The van der Waals surface area contributed by atoms with E-state index >= 15 is 0 Å². The molecule has 0 spiro atoms. The number of amides is 1. The second kappa shape index (κ2) is 10.7. The minimum atomic E-state index is -4.44. The lowest BCUT2D eigenvalue weighted by Gasteiger charge is -2.37. The molecule has 4 rings (SSSR count). The molecule has 3 aromatic carbocycles. The zero-order valence-corrected chi connectivity index (χ0v) is 22.3. The van der Waals surface area contributed by atoms with E-state index in [4.69, 9.17) is 0 Å². The summed E-state index contributed by atoms with van der Waals surface area (Å²) in [6, 6.07) is 17.0. The number of hydrogen-bond acceptors (Lipinski definition) is 4. The highest BCUT2D eigenvalue weighted by Crippen LogP contribution is 2.32. The van der Waals surface area contributed by atoms with Crippen LogP contribution < -0.4 is 9.21 Å². The average molecular weight is 546 g/mol. The summed E-state index contributed by atoms with van der Waals surface area (Å²) in [6.45, 7) is 6.40. The van der Waals surface area contributed by atoms with Gasteiger partial charge >= 0.3 is 6.18 Å².